The average molecular weight is 338 g/mol. The van der Waals surface area contributed by atoms with Crippen molar-refractivity contribution in [2.24, 2.45) is 0 Å². The van der Waals surface area contributed by atoms with Crippen molar-refractivity contribution in [3.63, 3.8) is 0 Å². The van der Waals surface area contributed by atoms with E-state index in [0.29, 0.717) is 31.1 Å². The number of aryl methyl sites for hydroxylation is 1. The van der Waals surface area contributed by atoms with Gasteiger partial charge in [-0.05, 0) is 13.8 Å². The van der Waals surface area contributed by atoms with E-state index in [1.54, 1.807) is 0 Å². The molecule has 2 heterocycles. The van der Waals surface area contributed by atoms with Gasteiger partial charge in [0.15, 0.2) is 5.82 Å². The molecule has 1 amide bonds. The zero-order valence-corrected chi connectivity index (χ0v) is 15.5. The highest BCUT2D eigenvalue weighted by atomic mass is 16.5. The molecule has 7 heteroatoms. The van der Waals surface area contributed by atoms with Crippen molar-refractivity contribution in [2.75, 3.05) is 26.2 Å². The number of hydrogen-bond donors (Lipinski definition) is 1. The van der Waals surface area contributed by atoms with E-state index in [-0.39, 0.29) is 23.5 Å². The van der Waals surface area contributed by atoms with Gasteiger partial charge in [0.25, 0.3) is 0 Å². The predicted octanol–water partition coefficient (Wildman–Crippen LogP) is 1.53. The lowest BCUT2D eigenvalue weighted by molar-refractivity contribution is -0.121. The van der Waals surface area contributed by atoms with Crippen LogP contribution in [0.4, 0.5) is 0 Å². The highest BCUT2D eigenvalue weighted by Crippen LogP contribution is 2.18. The predicted molar refractivity (Wildman–Crippen MR) is 90.8 cm³/mol. The minimum absolute atomic E-state index is 0.0138. The van der Waals surface area contributed by atoms with E-state index in [9.17, 15) is 4.79 Å². The van der Waals surface area contributed by atoms with E-state index in [1.165, 1.54) is 0 Å². The molecule has 1 saturated heterocycles. The fourth-order valence-electron chi connectivity index (χ4n) is 2.79. The summed E-state index contributed by atoms with van der Waals surface area (Å²) >= 11 is 0. The summed E-state index contributed by atoms with van der Waals surface area (Å²) < 4.78 is 10.9. The third-order valence-electron chi connectivity index (χ3n) is 3.95. The van der Waals surface area contributed by atoms with E-state index in [4.69, 9.17) is 9.26 Å². The first-order chi connectivity index (χ1) is 11.2. The van der Waals surface area contributed by atoms with Crippen LogP contribution in [0.1, 0.15) is 52.8 Å². The smallest absolute Gasteiger partial charge is 0.227 e. The molecule has 0 unspecified atom stereocenters. The lowest BCUT2D eigenvalue weighted by Gasteiger charge is -2.35. The Labute approximate surface area is 144 Å². The van der Waals surface area contributed by atoms with Crippen LogP contribution in [0.2, 0.25) is 0 Å². The van der Waals surface area contributed by atoms with E-state index in [2.05, 4.69) is 34.2 Å². The Morgan fingerprint density at radius 3 is 2.54 bits per heavy atom. The second kappa shape index (κ2) is 8.07. The minimum Gasteiger partial charge on any atom is -0.373 e. The van der Waals surface area contributed by atoms with Crippen molar-refractivity contribution in [3.05, 3.63) is 11.7 Å². The summed E-state index contributed by atoms with van der Waals surface area (Å²) in [5, 5.41) is 6.92. The first-order valence-corrected chi connectivity index (χ1v) is 8.71. The van der Waals surface area contributed by atoms with Gasteiger partial charge in [0.1, 0.15) is 0 Å². The maximum absolute atomic E-state index is 11.9. The SMILES string of the molecule is C[C@@H]1CN(CCNC(=O)CCc2nc(C(C)(C)C)no2)C[C@@H](C)O1. The molecule has 1 fully saturated rings. The van der Waals surface area contributed by atoms with Gasteiger partial charge < -0.3 is 14.6 Å². The Morgan fingerprint density at radius 1 is 1.29 bits per heavy atom. The molecular formula is C17H30N4O3. The van der Waals surface area contributed by atoms with Crippen LogP contribution in [0.15, 0.2) is 4.52 Å². The Bertz CT molecular complexity index is 528. The van der Waals surface area contributed by atoms with Crippen LogP contribution in [0.25, 0.3) is 0 Å². The number of nitrogens with one attached hydrogen (secondary N) is 1. The molecule has 0 saturated carbocycles. The molecule has 0 spiro atoms. The molecule has 1 aliphatic heterocycles. The zero-order chi connectivity index (χ0) is 17.7. The second-order valence-electron chi connectivity index (χ2n) is 7.63. The summed E-state index contributed by atoms with van der Waals surface area (Å²) in [5.74, 6) is 1.21. The summed E-state index contributed by atoms with van der Waals surface area (Å²) in [6, 6.07) is 0. The summed E-state index contributed by atoms with van der Waals surface area (Å²) in [6.07, 6.45) is 1.33. The van der Waals surface area contributed by atoms with Crippen molar-refractivity contribution in [1.29, 1.82) is 0 Å². The summed E-state index contributed by atoms with van der Waals surface area (Å²) in [7, 11) is 0. The highest BCUT2D eigenvalue weighted by molar-refractivity contribution is 5.75. The molecule has 0 aromatic carbocycles. The van der Waals surface area contributed by atoms with Gasteiger partial charge in [0.2, 0.25) is 11.8 Å². The number of nitrogens with zero attached hydrogens (tertiary/aromatic N) is 3. The van der Waals surface area contributed by atoms with Crippen molar-refractivity contribution in [3.8, 4) is 0 Å². The zero-order valence-electron chi connectivity index (χ0n) is 15.5. The Kier molecular flexibility index (Phi) is 6.34. The number of morpholine rings is 1. The van der Waals surface area contributed by atoms with Gasteiger partial charge in [-0.25, -0.2) is 0 Å². The lowest BCUT2D eigenvalue weighted by atomic mass is 9.96. The molecule has 1 N–H and O–H groups in total. The van der Waals surface area contributed by atoms with Crippen LogP contribution in [0, 0.1) is 0 Å². The third-order valence-corrected chi connectivity index (χ3v) is 3.95. The summed E-state index contributed by atoms with van der Waals surface area (Å²) in [4.78, 5) is 18.6. The second-order valence-corrected chi connectivity index (χ2v) is 7.63. The molecule has 1 aliphatic rings. The van der Waals surface area contributed by atoms with Gasteiger partial charge in [-0.1, -0.05) is 25.9 Å². The molecule has 0 bridgehead atoms. The van der Waals surface area contributed by atoms with Gasteiger partial charge in [-0.3, -0.25) is 9.69 Å². The van der Waals surface area contributed by atoms with Crippen LogP contribution in [0.3, 0.4) is 0 Å². The molecule has 0 radical (unpaired) electrons. The number of aromatic nitrogens is 2. The normalized spacial score (nSPS) is 22.5. The number of carbonyl (C=O) groups is 1. The Morgan fingerprint density at radius 2 is 1.96 bits per heavy atom. The molecule has 0 aliphatic carbocycles. The molecule has 136 valence electrons. The number of hydrogen-bond acceptors (Lipinski definition) is 6. The molecular weight excluding hydrogens is 308 g/mol. The number of ether oxygens (including phenoxy) is 1. The average Bonchev–Trinajstić information content (AvgIpc) is 2.93. The maximum atomic E-state index is 11.9. The summed E-state index contributed by atoms with van der Waals surface area (Å²) in [6.45, 7) is 13.6. The van der Waals surface area contributed by atoms with Gasteiger partial charge >= 0.3 is 0 Å². The van der Waals surface area contributed by atoms with Crippen LogP contribution >= 0.6 is 0 Å². The van der Waals surface area contributed by atoms with Crippen molar-refractivity contribution < 1.29 is 14.1 Å². The van der Waals surface area contributed by atoms with Gasteiger partial charge in [0.05, 0.1) is 12.2 Å². The number of rotatable bonds is 6. The maximum Gasteiger partial charge on any atom is 0.227 e. The third kappa shape index (κ3) is 5.87. The molecule has 1 aromatic heterocycles. The molecule has 24 heavy (non-hydrogen) atoms. The number of carbonyl (C=O) groups excluding carboxylic acids is 1. The fourth-order valence-corrected chi connectivity index (χ4v) is 2.79. The molecule has 7 nitrogen and oxygen atoms in total. The van der Waals surface area contributed by atoms with Gasteiger partial charge in [-0.2, -0.15) is 4.98 Å². The fraction of sp³-hybridized carbons (Fsp3) is 0.824. The topological polar surface area (TPSA) is 80.5 Å². The van der Waals surface area contributed by atoms with Crippen LogP contribution in [-0.2, 0) is 21.4 Å². The monoisotopic (exact) mass is 338 g/mol. The first kappa shape index (κ1) is 18.9. The largest absolute Gasteiger partial charge is 0.373 e. The van der Waals surface area contributed by atoms with Crippen LogP contribution in [-0.4, -0.2) is 59.3 Å². The summed E-state index contributed by atoms with van der Waals surface area (Å²) in [5.41, 5.74) is -0.142. The van der Waals surface area contributed by atoms with Crippen molar-refractivity contribution in [2.45, 2.75) is 65.1 Å². The van der Waals surface area contributed by atoms with E-state index in [1.807, 2.05) is 20.8 Å². The number of amides is 1. The molecule has 2 atom stereocenters. The van der Waals surface area contributed by atoms with Crippen molar-refractivity contribution >= 4 is 5.91 Å². The molecule has 1 aromatic rings. The van der Waals surface area contributed by atoms with Gasteiger partial charge in [0, 0.05) is 44.4 Å². The molecule has 2 rings (SSSR count). The first-order valence-electron chi connectivity index (χ1n) is 8.71. The van der Waals surface area contributed by atoms with Crippen molar-refractivity contribution in [1.82, 2.24) is 20.4 Å². The van der Waals surface area contributed by atoms with Crippen LogP contribution < -0.4 is 5.32 Å². The Hall–Kier alpha value is -1.47. The van der Waals surface area contributed by atoms with E-state index < -0.39 is 0 Å². The van der Waals surface area contributed by atoms with Crippen LogP contribution in [0.5, 0.6) is 0 Å². The van der Waals surface area contributed by atoms with E-state index in [0.717, 1.165) is 19.6 Å². The van der Waals surface area contributed by atoms with Gasteiger partial charge in [-0.15, -0.1) is 0 Å². The highest BCUT2D eigenvalue weighted by Gasteiger charge is 2.22. The standard InChI is InChI=1S/C17H30N4O3/c1-12-10-21(11-13(2)23-12)9-8-18-14(22)6-7-15-19-16(20-24-15)17(3,4)5/h12-13H,6-11H2,1-5H3,(H,18,22)/t12-,13-/m1/s1. The Balaban J connectivity index is 1.66. The lowest BCUT2D eigenvalue weighted by Crippen LogP contribution is -2.47. The quantitative estimate of drug-likeness (QED) is 0.847. The minimum atomic E-state index is -0.142. The van der Waals surface area contributed by atoms with E-state index >= 15 is 0 Å².